The second kappa shape index (κ2) is 11.8. The Labute approximate surface area is 194 Å². The van der Waals surface area contributed by atoms with Gasteiger partial charge in [0.05, 0.1) is 33.7 Å². The van der Waals surface area contributed by atoms with Gasteiger partial charge >= 0.3 is 0 Å². The van der Waals surface area contributed by atoms with E-state index in [1.807, 2.05) is 18.2 Å². The van der Waals surface area contributed by atoms with Crippen molar-refractivity contribution in [3.8, 4) is 0 Å². The van der Waals surface area contributed by atoms with E-state index < -0.39 is 11.6 Å². The van der Waals surface area contributed by atoms with Gasteiger partial charge in [0.25, 0.3) is 0 Å². The van der Waals surface area contributed by atoms with Gasteiger partial charge in [-0.25, -0.2) is 0 Å². The van der Waals surface area contributed by atoms with Crippen LogP contribution in [0.2, 0.25) is 0 Å². The third-order valence-corrected chi connectivity index (χ3v) is 4.97. The van der Waals surface area contributed by atoms with Crippen LogP contribution in [0.1, 0.15) is 22.7 Å². The molecule has 5 nitrogen and oxygen atoms in total. The van der Waals surface area contributed by atoms with E-state index in [0.29, 0.717) is 0 Å². The van der Waals surface area contributed by atoms with Gasteiger partial charge in [0.15, 0.2) is 5.60 Å². The molecule has 6 heteroatoms. The van der Waals surface area contributed by atoms with Crippen LogP contribution in [0.15, 0.2) is 91.0 Å². The number of likely N-dealkylation sites (N-methyl/N-ethyl adjacent to an activating group) is 1. The number of benzene rings is 3. The Bertz CT molecular complexity index is 873. The molecule has 0 saturated carbocycles. The number of nitrogens with zero attached hydrogens (tertiary/aromatic N) is 1. The average Bonchev–Trinajstić information content (AvgIpc) is 2.75. The summed E-state index contributed by atoms with van der Waals surface area (Å²) < 4.78 is 0.751. The zero-order chi connectivity index (χ0) is 22.2. The summed E-state index contributed by atoms with van der Waals surface area (Å²) in [6.45, 7) is 0.188. The first-order valence-electron chi connectivity index (χ1n) is 9.73. The van der Waals surface area contributed by atoms with Gasteiger partial charge in [-0.3, -0.25) is 0 Å². The fraction of sp³-hybridized carbons (Fsp3) is 0.240. The first-order valence-corrected chi connectivity index (χ1v) is 9.73. The van der Waals surface area contributed by atoms with E-state index in [2.05, 4.69) is 33.3 Å². The van der Waals surface area contributed by atoms with Gasteiger partial charge in [-0.15, -0.1) is 17.0 Å². The first-order chi connectivity index (χ1) is 14.2. The van der Waals surface area contributed by atoms with Crippen molar-refractivity contribution in [1.29, 1.82) is 0 Å². The Kier molecular flexibility index (Phi) is 10.1. The minimum atomic E-state index is -2.11. The van der Waals surface area contributed by atoms with Gasteiger partial charge in [-0.05, 0) is 11.1 Å². The molecule has 166 valence electrons. The molecule has 2 N–H and O–H groups in total. The zero-order valence-corrected chi connectivity index (χ0v) is 19.7. The Morgan fingerprint density at radius 2 is 1.19 bits per heavy atom. The van der Waals surface area contributed by atoms with E-state index in [4.69, 9.17) is 0 Å². The van der Waals surface area contributed by atoms with Crippen LogP contribution in [0, 0.1) is 0 Å². The normalized spacial score (nSPS) is 12.0. The van der Waals surface area contributed by atoms with Crippen LogP contribution in [0.5, 0.6) is 0 Å². The Morgan fingerprint density at radius 3 is 1.48 bits per heavy atom. The first kappa shape index (κ1) is 26.5. The third-order valence-electron chi connectivity index (χ3n) is 4.97. The monoisotopic (exact) mass is 487 g/mol. The second-order valence-corrected chi connectivity index (χ2v) is 7.96. The van der Waals surface area contributed by atoms with Gasteiger partial charge in [0.1, 0.15) is 6.04 Å². The SMILES string of the molecule is Br.C[N+](C)(C)C(CO)c1ccccc1.O=C([O-])C(O)(c1ccccc1)c1ccccc1. The maximum atomic E-state index is 11.3. The molecule has 0 amide bonds. The molecule has 0 radical (unpaired) electrons. The fourth-order valence-electron chi connectivity index (χ4n) is 3.23. The topological polar surface area (TPSA) is 80.6 Å². The quantitative estimate of drug-likeness (QED) is 0.523. The van der Waals surface area contributed by atoms with Crippen molar-refractivity contribution in [3.63, 3.8) is 0 Å². The van der Waals surface area contributed by atoms with E-state index in [1.165, 1.54) is 5.56 Å². The minimum absolute atomic E-state index is 0. The molecular weight excluding hydrogens is 458 g/mol. The molecule has 1 atom stereocenters. The number of hydrogen-bond donors (Lipinski definition) is 2. The van der Waals surface area contributed by atoms with Crippen molar-refractivity contribution < 1.29 is 24.6 Å². The maximum Gasteiger partial charge on any atom is 0.154 e. The third kappa shape index (κ3) is 6.74. The number of carbonyl (C=O) groups is 1. The molecule has 0 spiro atoms. The summed E-state index contributed by atoms with van der Waals surface area (Å²) in [5.41, 5.74) is -0.349. The Balaban J connectivity index is 0.000000311. The number of aliphatic carboxylic acids is 1. The second-order valence-electron chi connectivity index (χ2n) is 7.96. The van der Waals surface area contributed by atoms with Gasteiger partial charge in [-0.2, -0.15) is 0 Å². The number of aliphatic hydroxyl groups excluding tert-OH is 1. The van der Waals surface area contributed by atoms with E-state index in [-0.39, 0.29) is 40.8 Å². The molecule has 3 aromatic rings. The number of aliphatic hydroxyl groups is 2. The zero-order valence-electron chi connectivity index (χ0n) is 18.0. The van der Waals surface area contributed by atoms with Crippen LogP contribution < -0.4 is 5.11 Å². The van der Waals surface area contributed by atoms with E-state index in [9.17, 15) is 20.1 Å². The molecule has 1 unspecified atom stereocenters. The number of carboxylic acids is 1. The van der Waals surface area contributed by atoms with Crippen LogP contribution in [-0.4, -0.2) is 48.4 Å². The summed E-state index contributed by atoms with van der Waals surface area (Å²) in [6.07, 6.45) is 0. The van der Waals surface area contributed by atoms with Crippen LogP contribution in [0.25, 0.3) is 0 Å². The maximum absolute atomic E-state index is 11.3. The van der Waals surface area contributed by atoms with Gasteiger partial charge in [0, 0.05) is 5.56 Å². The van der Waals surface area contributed by atoms with Gasteiger partial charge < -0.3 is 24.6 Å². The summed E-state index contributed by atoms with van der Waals surface area (Å²) in [4.78, 5) is 11.3. The highest BCUT2D eigenvalue weighted by molar-refractivity contribution is 8.93. The molecule has 0 aromatic heterocycles. The smallest absolute Gasteiger partial charge is 0.154 e. The van der Waals surface area contributed by atoms with Gasteiger partial charge in [0.2, 0.25) is 0 Å². The van der Waals surface area contributed by atoms with Crippen molar-refractivity contribution >= 4 is 23.0 Å². The molecule has 0 aliphatic carbocycles. The average molecular weight is 488 g/mol. The molecule has 0 aliphatic rings. The van der Waals surface area contributed by atoms with Crippen LogP contribution in [0.3, 0.4) is 0 Å². The molecule has 31 heavy (non-hydrogen) atoms. The molecule has 0 heterocycles. The predicted molar refractivity (Wildman–Crippen MR) is 126 cm³/mol. The largest absolute Gasteiger partial charge is 0.546 e. The lowest BCUT2D eigenvalue weighted by Gasteiger charge is -2.33. The van der Waals surface area contributed by atoms with Crippen molar-refractivity contribution in [2.45, 2.75) is 11.6 Å². The predicted octanol–water partition coefficient (Wildman–Crippen LogP) is 2.68. The molecule has 0 aliphatic heterocycles. The summed E-state index contributed by atoms with van der Waals surface area (Å²) in [5.74, 6) is -1.53. The van der Waals surface area contributed by atoms with E-state index in [0.717, 1.165) is 4.48 Å². The number of carbonyl (C=O) groups excluding carboxylic acids is 1. The van der Waals surface area contributed by atoms with Crippen LogP contribution >= 0.6 is 17.0 Å². The Hall–Kier alpha value is -2.51. The van der Waals surface area contributed by atoms with Crippen LogP contribution in [0.4, 0.5) is 0 Å². The highest BCUT2D eigenvalue weighted by atomic mass is 79.9. The molecule has 0 bridgehead atoms. The van der Waals surface area contributed by atoms with Crippen molar-refractivity contribution in [1.82, 2.24) is 0 Å². The van der Waals surface area contributed by atoms with Crippen molar-refractivity contribution in [3.05, 3.63) is 108 Å². The van der Waals surface area contributed by atoms with Crippen molar-refractivity contribution in [2.75, 3.05) is 27.7 Å². The standard InChI is InChI=1S/C14H12O3.C11H18NO.BrH/c15-13(16)14(17,11-7-3-1-4-8-11)12-9-5-2-6-10-12;1-12(2,3)11(9-13)10-7-5-4-6-8-10;/h1-10,17H,(H,15,16);4-8,11,13H,9H2,1-3H3;1H/q;+1;/p-1. The summed E-state index contributed by atoms with van der Waals surface area (Å²) in [5, 5.41) is 30.9. The number of hydrogen-bond acceptors (Lipinski definition) is 4. The lowest BCUT2D eigenvalue weighted by atomic mass is 9.86. The fourth-order valence-corrected chi connectivity index (χ4v) is 3.23. The number of carboxylic acid groups (broad SMARTS) is 1. The van der Waals surface area contributed by atoms with Crippen molar-refractivity contribution in [2.24, 2.45) is 0 Å². The molecule has 3 aromatic carbocycles. The minimum Gasteiger partial charge on any atom is -0.546 e. The highest BCUT2D eigenvalue weighted by Gasteiger charge is 2.32. The lowest BCUT2D eigenvalue weighted by Crippen LogP contribution is -2.46. The molecule has 0 saturated heterocycles. The van der Waals surface area contributed by atoms with Crippen LogP contribution in [-0.2, 0) is 10.4 Å². The van der Waals surface area contributed by atoms with E-state index >= 15 is 0 Å². The summed E-state index contributed by atoms with van der Waals surface area (Å²) in [6, 6.07) is 26.7. The molecule has 0 fully saturated rings. The lowest BCUT2D eigenvalue weighted by molar-refractivity contribution is -0.902. The summed E-state index contributed by atoms with van der Waals surface area (Å²) >= 11 is 0. The van der Waals surface area contributed by atoms with Gasteiger partial charge in [-0.1, -0.05) is 91.0 Å². The molecular formula is C25H30BrNO4. The highest BCUT2D eigenvalue weighted by Crippen LogP contribution is 2.28. The number of halogens is 1. The Morgan fingerprint density at radius 1 is 0.839 bits per heavy atom. The summed E-state index contributed by atoms with van der Waals surface area (Å²) in [7, 11) is 6.27. The molecule has 3 rings (SSSR count). The number of rotatable bonds is 6. The van der Waals surface area contributed by atoms with E-state index in [1.54, 1.807) is 60.7 Å². The number of quaternary nitrogens is 1.